The third-order valence-corrected chi connectivity index (χ3v) is 3.47. The molecular formula is C15H21F3N4O2. The molecule has 0 aliphatic carbocycles. The zero-order valence-corrected chi connectivity index (χ0v) is 14.1. The molecule has 1 atom stereocenters. The molecule has 0 unspecified atom stereocenters. The average Bonchev–Trinajstić information content (AvgIpc) is 2.44. The van der Waals surface area contributed by atoms with E-state index in [1.54, 1.807) is 30.6 Å². The largest absolute Gasteiger partial charge is 0.444 e. The Morgan fingerprint density at radius 1 is 1.29 bits per heavy atom. The summed E-state index contributed by atoms with van der Waals surface area (Å²) in [5, 5.41) is 0. The molecule has 0 bridgehead atoms. The fourth-order valence-electron chi connectivity index (χ4n) is 2.39. The zero-order valence-electron chi connectivity index (χ0n) is 14.1. The number of amides is 1. The molecule has 0 N–H and O–H groups in total. The van der Waals surface area contributed by atoms with Gasteiger partial charge in [-0.25, -0.2) is 14.8 Å². The van der Waals surface area contributed by atoms with Crippen LogP contribution in [0.1, 0.15) is 33.4 Å². The van der Waals surface area contributed by atoms with Crippen molar-refractivity contribution in [3.8, 4) is 0 Å². The molecule has 1 fully saturated rings. The molecule has 1 aliphatic rings. The van der Waals surface area contributed by atoms with Gasteiger partial charge in [-0.05, 0) is 33.8 Å². The third-order valence-electron chi connectivity index (χ3n) is 3.47. The van der Waals surface area contributed by atoms with Crippen LogP contribution in [0.4, 0.5) is 23.9 Å². The lowest BCUT2D eigenvalue weighted by molar-refractivity contribution is -0.141. The summed E-state index contributed by atoms with van der Waals surface area (Å²) in [4.78, 5) is 22.9. The molecule has 1 aromatic rings. The number of aromatic nitrogens is 2. The minimum Gasteiger partial charge on any atom is -0.444 e. The highest BCUT2D eigenvalue weighted by Crippen LogP contribution is 2.28. The van der Waals surface area contributed by atoms with Crippen LogP contribution in [-0.4, -0.2) is 52.2 Å². The van der Waals surface area contributed by atoms with E-state index in [4.69, 9.17) is 4.74 Å². The number of halogens is 3. The molecule has 0 spiro atoms. The van der Waals surface area contributed by atoms with Gasteiger partial charge >= 0.3 is 12.3 Å². The Labute approximate surface area is 138 Å². The van der Waals surface area contributed by atoms with Crippen molar-refractivity contribution in [1.29, 1.82) is 0 Å². The first-order valence-electron chi connectivity index (χ1n) is 7.62. The summed E-state index contributed by atoms with van der Waals surface area (Å²) < 4.78 is 43.6. The van der Waals surface area contributed by atoms with Crippen molar-refractivity contribution in [1.82, 2.24) is 14.9 Å². The zero-order chi connectivity index (χ0) is 18.1. The Hall–Kier alpha value is -2.06. The van der Waals surface area contributed by atoms with Gasteiger partial charge in [-0.3, -0.25) is 0 Å². The van der Waals surface area contributed by atoms with E-state index in [2.05, 4.69) is 9.97 Å². The van der Waals surface area contributed by atoms with E-state index in [-0.39, 0.29) is 12.0 Å². The van der Waals surface area contributed by atoms with Gasteiger partial charge in [0.1, 0.15) is 11.3 Å². The van der Waals surface area contributed by atoms with Crippen LogP contribution in [0.5, 0.6) is 0 Å². The molecule has 0 radical (unpaired) electrons. The van der Waals surface area contributed by atoms with Crippen molar-refractivity contribution in [2.45, 2.75) is 45.5 Å². The second-order valence-electron chi connectivity index (χ2n) is 6.71. The van der Waals surface area contributed by atoms with Gasteiger partial charge < -0.3 is 14.5 Å². The Kier molecular flexibility index (Phi) is 4.91. The molecule has 0 saturated carbocycles. The summed E-state index contributed by atoms with van der Waals surface area (Å²) in [6.45, 7) is 8.15. The standard InChI is InChI=1S/C15H21F3N4O2/c1-10-9-21(7-8-22(10)13(23)24-14(2,3)4)12-19-6-5-11(20-12)15(16,17)18/h5-6,10H,7-9H2,1-4H3/t10-/m1/s1. The number of alkyl halides is 3. The van der Waals surface area contributed by atoms with E-state index < -0.39 is 23.6 Å². The molecular weight excluding hydrogens is 325 g/mol. The van der Waals surface area contributed by atoms with Crippen LogP contribution in [0.2, 0.25) is 0 Å². The number of anilines is 1. The fraction of sp³-hybridized carbons (Fsp3) is 0.667. The summed E-state index contributed by atoms with van der Waals surface area (Å²) >= 11 is 0. The van der Waals surface area contributed by atoms with Gasteiger partial charge in [0.2, 0.25) is 5.95 Å². The number of nitrogens with zero attached hydrogens (tertiary/aromatic N) is 4. The molecule has 24 heavy (non-hydrogen) atoms. The molecule has 1 aliphatic heterocycles. The maximum Gasteiger partial charge on any atom is 0.433 e. The Bertz CT molecular complexity index is 601. The molecule has 2 rings (SSSR count). The molecule has 6 nitrogen and oxygen atoms in total. The summed E-state index contributed by atoms with van der Waals surface area (Å²) in [5.74, 6) is 0.0144. The second-order valence-corrected chi connectivity index (χ2v) is 6.71. The lowest BCUT2D eigenvalue weighted by Gasteiger charge is -2.40. The molecule has 1 aromatic heterocycles. The highest BCUT2D eigenvalue weighted by atomic mass is 19.4. The lowest BCUT2D eigenvalue weighted by atomic mass is 10.2. The topological polar surface area (TPSA) is 58.6 Å². The van der Waals surface area contributed by atoms with E-state index >= 15 is 0 Å². The highest BCUT2D eigenvalue weighted by molar-refractivity contribution is 5.69. The van der Waals surface area contributed by atoms with Crippen LogP contribution in [-0.2, 0) is 10.9 Å². The highest BCUT2D eigenvalue weighted by Gasteiger charge is 2.35. The van der Waals surface area contributed by atoms with Crippen LogP contribution in [0.15, 0.2) is 12.3 Å². The van der Waals surface area contributed by atoms with Gasteiger partial charge in [0.15, 0.2) is 0 Å². The molecule has 0 aromatic carbocycles. The van der Waals surface area contributed by atoms with Crippen LogP contribution in [0.25, 0.3) is 0 Å². The predicted octanol–water partition coefficient (Wildman–Crippen LogP) is 2.94. The normalized spacial score (nSPS) is 19.4. The fourth-order valence-corrected chi connectivity index (χ4v) is 2.39. The van der Waals surface area contributed by atoms with E-state index in [0.29, 0.717) is 19.6 Å². The summed E-state index contributed by atoms with van der Waals surface area (Å²) in [6, 6.07) is 0.607. The number of carbonyl (C=O) groups excluding carboxylic acids is 1. The van der Waals surface area contributed by atoms with Crippen molar-refractivity contribution in [3.05, 3.63) is 18.0 Å². The number of piperazine rings is 1. The molecule has 9 heteroatoms. The van der Waals surface area contributed by atoms with Crippen molar-refractivity contribution in [2.75, 3.05) is 24.5 Å². The van der Waals surface area contributed by atoms with E-state index in [9.17, 15) is 18.0 Å². The van der Waals surface area contributed by atoms with E-state index in [1.165, 1.54) is 0 Å². The van der Waals surface area contributed by atoms with Gasteiger partial charge in [0.25, 0.3) is 0 Å². The third kappa shape index (κ3) is 4.48. The van der Waals surface area contributed by atoms with Crippen LogP contribution in [0.3, 0.4) is 0 Å². The van der Waals surface area contributed by atoms with Gasteiger partial charge in [0, 0.05) is 31.9 Å². The number of hydrogen-bond acceptors (Lipinski definition) is 5. The average molecular weight is 346 g/mol. The number of hydrogen-bond donors (Lipinski definition) is 0. The predicted molar refractivity (Wildman–Crippen MR) is 81.6 cm³/mol. The Morgan fingerprint density at radius 3 is 2.50 bits per heavy atom. The summed E-state index contributed by atoms with van der Waals surface area (Å²) in [7, 11) is 0. The molecule has 1 amide bonds. The van der Waals surface area contributed by atoms with Crippen molar-refractivity contribution < 1.29 is 22.7 Å². The van der Waals surface area contributed by atoms with Gasteiger partial charge in [-0.1, -0.05) is 0 Å². The number of carbonyl (C=O) groups is 1. The van der Waals surface area contributed by atoms with Crippen LogP contribution >= 0.6 is 0 Å². The first-order valence-corrected chi connectivity index (χ1v) is 7.62. The summed E-state index contributed by atoms with van der Waals surface area (Å²) in [6.07, 6.45) is -3.85. The molecule has 134 valence electrons. The quantitative estimate of drug-likeness (QED) is 0.782. The monoisotopic (exact) mass is 346 g/mol. The van der Waals surface area contributed by atoms with Crippen molar-refractivity contribution in [2.24, 2.45) is 0 Å². The maximum absolute atomic E-state index is 12.8. The first-order chi connectivity index (χ1) is 11.0. The van der Waals surface area contributed by atoms with Crippen LogP contribution < -0.4 is 4.90 Å². The van der Waals surface area contributed by atoms with Crippen molar-refractivity contribution >= 4 is 12.0 Å². The SMILES string of the molecule is C[C@@H]1CN(c2nccc(C(F)(F)F)n2)CCN1C(=O)OC(C)(C)C. The Balaban J connectivity index is 2.07. The smallest absolute Gasteiger partial charge is 0.433 e. The Morgan fingerprint density at radius 2 is 1.96 bits per heavy atom. The van der Waals surface area contributed by atoms with E-state index in [0.717, 1.165) is 12.3 Å². The van der Waals surface area contributed by atoms with Crippen LogP contribution in [0, 0.1) is 0 Å². The maximum atomic E-state index is 12.8. The lowest BCUT2D eigenvalue weighted by Crippen LogP contribution is -2.55. The minimum atomic E-state index is -4.51. The molecule has 2 heterocycles. The molecule has 1 saturated heterocycles. The van der Waals surface area contributed by atoms with E-state index in [1.807, 2.05) is 6.92 Å². The summed E-state index contributed by atoms with van der Waals surface area (Å²) in [5.41, 5.74) is -1.58. The van der Waals surface area contributed by atoms with Gasteiger partial charge in [-0.15, -0.1) is 0 Å². The minimum absolute atomic E-state index is 0.0144. The number of rotatable bonds is 1. The van der Waals surface area contributed by atoms with Gasteiger partial charge in [-0.2, -0.15) is 13.2 Å². The number of ether oxygens (including phenoxy) is 1. The van der Waals surface area contributed by atoms with Gasteiger partial charge in [0.05, 0.1) is 0 Å². The first kappa shape index (κ1) is 18.3. The van der Waals surface area contributed by atoms with Crippen molar-refractivity contribution in [3.63, 3.8) is 0 Å². The second kappa shape index (κ2) is 6.45.